The van der Waals surface area contributed by atoms with Crippen LogP contribution >= 0.6 is 0 Å². The Kier molecular flexibility index (Phi) is 12.9. The van der Waals surface area contributed by atoms with Gasteiger partial charge in [0.2, 0.25) is 0 Å². The Morgan fingerprint density at radius 3 is 1.48 bits per heavy atom. The van der Waals surface area contributed by atoms with Crippen LogP contribution in [0.3, 0.4) is 0 Å². The van der Waals surface area contributed by atoms with Crippen molar-refractivity contribution in [2.24, 2.45) is 0 Å². The summed E-state index contributed by atoms with van der Waals surface area (Å²) in [6.07, 6.45) is -8.86. The number of alkyl halides is 6. The van der Waals surface area contributed by atoms with Gasteiger partial charge in [-0.25, -0.2) is 26.8 Å². The predicted octanol–water partition coefficient (Wildman–Crippen LogP) is 11.2. The molecule has 0 saturated heterocycles. The summed E-state index contributed by atoms with van der Waals surface area (Å²) in [5.74, 6) is 0.863. The van der Waals surface area contributed by atoms with Crippen LogP contribution in [0.5, 0.6) is 23.0 Å². The topological polar surface area (TPSA) is 143 Å². The number of unbranched alkanes of at least 4 members (excludes halogenated alkanes) is 1. The summed E-state index contributed by atoms with van der Waals surface area (Å²) in [6.45, 7) is 1.29. The highest BCUT2D eigenvalue weighted by Crippen LogP contribution is 2.38. The first-order chi connectivity index (χ1) is 31.8. The number of benzene rings is 6. The van der Waals surface area contributed by atoms with Gasteiger partial charge < -0.3 is 14.6 Å². The molecule has 0 aliphatic heterocycles. The highest BCUT2D eigenvalue weighted by atomic mass is 32.2. The Labute approximate surface area is 380 Å². The van der Waals surface area contributed by atoms with Crippen molar-refractivity contribution in [2.45, 2.75) is 54.8 Å². The predicted molar refractivity (Wildman–Crippen MR) is 239 cm³/mol. The zero-order valence-electron chi connectivity index (χ0n) is 35.4. The van der Waals surface area contributed by atoms with Crippen LogP contribution in [0, 0.1) is 6.92 Å². The first kappa shape index (κ1) is 46.8. The summed E-state index contributed by atoms with van der Waals surface area (Å²) >= 11 is 0. The Balaban J connectivity index is 0.993. The van der Waals surface area contributed by atoms with Crippen molar-refractivity contribution in [2.75, 3.05) is 18.1 Å². The number of rotatable bonds is 16. The fraction of sp³-hybridized carbons (Fsp3) is 0.208. The Hall–Kier alpha value is -6.70. The number of aromatic nitrogens is 4. The molecule has 0 fully saturated rings. The molecule has 8 rings (SSSR count). The molecule has 0 unspecified atom stereocenters. The van der Waals surface area contributed by atoms with Gasteiger partial charge in [0.15, 0.2) is 19.7 Å². The number of aliphatic hydroxyl groups is 1. The molecule has 67 heavy (non-hydrogen) atoms. The van der Waals surface area contributed by atoms with Crippen LogP contribution in [0.2, 0.25) is 0 Å². The number of nitrogens with zero attached hydrogens (tertiary/aromatic N) is 4. The van der Waals surface area contributed by atoms with Gasteiger partial charge in [-0.2, -0.15) is 26.3 Å². The summed E-state index contributed by atoms with van der Waals surface area (Å²) in [6, 6.07) is 32.1. The van der Waals surface area contributed by atoms with Crippen molar-refractivity contribution in [1.82, 2.24) is 19.1 Å². The van der Waals surface area contributed by atoms with Crippen LogP contribution in [0.4, 0.5) is 26.3 Å². The van der Waals surface area contributed by atoms with E-state index in [4.69, 9.17) is 14.6 Å². The Morgan fingerprint density at radius 2 is 0.970 bits per heavy atom. The van der Waals surface area contributed by atoms with E-state index in [-0.39, 0.29) is 104 Å². The fourth-order valence-corrected chi connectivity index (χ4v) is 10.5. The fourth-order valence-electron chi connectivity index (χ4n) is 7.77. The van der Waals surface area contributed by atoms with Gasteiger partial charge >= 0.3 is 12.4 Å². The minimum atomic E-state index is -4.73. The third-order valence-electron chi connectivity index (χ3n) is 10.8. The second-order valence-corrected chi connectivity index (χ2v) is 19.7. The minimum Gasteiger partial charge on any atom is -0.457 e. The van der Waals surface area contributed by atoms with Gasteiger partial charge in [0, 0.05) is 25.2 Å². The van der Waals surface area contributed by atoms with Gasteiger partial charge in [-0.05, 0) is 111 Å². The summed E-state index contributed by atoms with van der Waals surface area (Å²) < 4.78 is 152. The quantitative estimate of drug-likeness (QED) is 0.0739. The van der Waals surface area contributed by atoms with Crippen molar-refractivity contribution >= 4 is 41.7 Å². The molecule has 2 aromatic heterocycles. The number of hydrogen-bond acceptors (Lipinski definition) is 9. The van der Waals surface area contributed by atoms with Crippen LogP contribution in [0.1, 0.15) is 42.0 Å². The van der Waals surface area contributed by atoms with E-state index < -0.39 is 43.2 Å². The van der Waals surface area contributed by atoms with Crippen molar-refractivity contribution in [3.63, 3.8) is 0 Å². The molecule has 0 amide bonds. The molecular weight excluding hydrogens is 923 g/mol. The molecule has 0 aliphatic carbocycles. The van der Waals surface area contributed by atoms with Gasteiger partial charge in [-0.1, -0.05) is 36.4 Å². The molecule has 0 saturated carbocycles. The second kappa shape index (κ2) is 18.5. The van der Waals surface area contributed by atoms with E-state index in [0.717, 1.165) is 12.1 Å². The van der Waals surface area contributed by atoms with Crippen molar-refractivity contribution < 1.29 is 57.8 Å². The van der Waals surface area contributed by atoms with Crippen LogP contribution in [-0.2, 0) is 38.4 Å². The standard InChI is InChI=1S/C48H40F6N4O7S2/c1-31-55-45-40(47(49,50)51)19-8-21-42(45)57(31)32-11-4-13-34(27-32)64-36-15-6-17-38(29-36)66(60,61)25-3-2-23-44-56-46-41(48(52,53)54)20-9-22-43(46)58(44)33-12-5-14-35(28-33)65-37-16-7-18-39(30-37)67(62,63)26-10-24-59/h4-9,11-22,27-30,59H,2-3,10,23-26H2,1H3. The zero-order chi connectivity index (χ0) is 47.7. The number of fused-ring (bicyclic) bond motifs is 2. The van der Waals surface area contributed by atoms with E-state index in [1.807, 2.05) is 0 Å². The SMILES string of the molecule is Cc1nc2c(C(F)(F)F)cccc2n1-c1cccc(Oc2cccc(S(=O)(=O)CCCCc3nc4c(C(F)(F)F)cccc4n3-c3cccc(Oc4cccc(S(=O)(=O)CCCO)c4)c3)c2)c1. The normalized spacial score (nSPS) is 12.5. The highest BCUT2D eigenvalue weighted by Gasteiger charge is 2.35. The zero-order valence-corrected chi connectivity index (χ0v) is 37.1. The van der Waals surface area contributed by atoms with E-state index in [9.17, 15) is 43.2 Å². The highest BCUT2D eigenvalue weighted by molar-refractivity contribution is 7.91. The first-order valence-corrected chi connectivity index (χ1v) is 24.1. The van der Waals surface area contributed by atoms with E-state index in [1.54, 1.807) is 76.7 Å². The molecule has 19 heteroatoms. The van der Waals surface area contributed by atoms with Crippen LogP contribution in [-0.4, -0.2) is 59.2 Å². The van der Waals surface area contributed by atoms with E-state index >= 15 is 0 Å². The lowest BCUT2D eigenvalue weighted by molar-refractivity contribution is -0.137. The molecule has 11 nitrogen and oxygen atoms in total. The molecule has 0 bridgehead atoms. The second-order valence-electron chi connectivity index (χ2n) is 15.5. The maximum Gasteiger partial charge on any atom is 0.418 e. The molecule has 0 spiro atoms. The summed E-state index contributed by atoms with van der Waals surface area (Å²) in [5, 5.41) is 9.12. The third-order valence-corrected chi connectivity index (χ3v) is 14.4. The molecule has 0 radical (unpaired) electrons. The summed E-state index contributed by atoms with van der Waals surface area (Å²) in [4.78, 5) is 8.58. The number of hydrogen-bond donors (Lipinski definition) is 1. The van der Waals surface area contributed by atoms with Crippen molar-refractivity contribution in [3.8, 4) is 34.4 Å². The van der Waals surface area contributed by atoms with Gasteiger partial charge in [0.25, 0.3) is 0 Å². The molecule has 348 valence electrons. The summed E-state index contributed by atoms with van der Waals surface area (Å²) in [5.41, 5.74) is -1.05. The van der Waals surface area contributed by atoms with Crippen LogP contribution < -0.4 is 9.47 Å². The number of imidazole rings is 2. The Bertz CT molecular complexity index is 3350. The maximum absolute atomic E-state index is 14.3. The average molecular weight is 963 g/mol. The minimum absolute atomic E-state index is 0.00450. The Morgan fingerprint density at radius 1 is 0.537 bits per heavy atom. The molecular formula is C48H40F6N4O7S2. The maximum atomic E-state index is 14.3. The average Bonchev–Trinajstić information content (AvgIpc) is 3.83. The van der Waals surface area contributed by atoms with Gasteiger partial charge in [-0.15, -0.1) is 0 Å². The number of aliphatic hydroxyl groups excluding tert-OH is 1. The molecule has 6 aromatic carbocycles. The molecule has 2 heterocycles. The van der Waals surface area contributed by atoms with E-state index in [1.165, 1.54) is 60.7 Å². The molecule has 0 atom stereocenters. The lowest BCUT2D eigenvalue weighted by Crippen LogP contribution is -2.08. The summed E-state index contributed by atoms with van der Waals surface area (Å²) in [7, 11) is -7.62. The number of sulfone groups is 2. The number of aryl methyl sites for hydroxylation is 2. The largest absolute Gasteiger partial charge is 0.457 e. The van der Waals surface area contributed by atoms with Gasteiger partial charge in [-0.3, -0.25) is 9.13 Å². The molecule has 0 aliphatic rings. The van der Waals surface area contributed by atoms with E-state index in [2.05, 4.69) is 9.97 Å². The van der Waals surface area contributed by atoms with Gasteiger partial charge in [0.1, 0.15) is 45.7 Å². The van der Waals surface area contributed by atoms with Crippen molar-refractivity contribution in [3.05, 3.63) is 156 Å². The monoisotopic (exact) mass is 962 g/mol. The van der Waals surface area contributed by atoms with E-state index in [0.29, 0.717) is 17.2 Å². The number of ether oxygens (including phenoxy) is 2. The molecule has 1 N–H and O–H groups in total. The third kappa shape index (κ3) is 10.2. The first-order valence-electron chi connectivity index (χ1n) is 20.8. The molecule has 8 aromatic rings. The lowest BCUT2D eigenvalue weighted by Gasteiger charge is -2.13. The number of para-hydroxylation sites is 2. The lowest BCUT2D eigenvalue weighted by atomic mass is 10.1. The smallest absolute Gasteiger partial charge is 0.418 e. The number of halogens is 6. The van der Waals surface area contributed by atoms with Crippen LogP contribution in [0.25, 0.3) is 33.4 Å². The van der Waals surface area contributed by atoms with Crippen molar-refractivity contribution in [1.29, 1.82) is 0 Å². The van der Waals surface area contributed by atoms with Crippen LogP contribution in [0.15, 0.2) is 143 Å². The van der Waals surface area contributed by atoms with Gasteiger partial charge in [0.05, 0.1) is 54.8 Å².